The number of nitrogens with one attached hydrogen (secondary N) is 3. The Labute approximate surface area is 335 Å². The second-order valence-electron chi connectivity index (χ2n) is 16.0. The van der Waals surface area contributed by atoms with Gasteiger partial charge in [0, 0.05) is 29.3 Å². The molecule has 4 fully saturated rings. The number of hydrogen-bond donors (Lipinski definition) is 7. The number of benzene rings is 2. The molecule has 15 nitrogen and oxygen atoms in total. The Morgan fingerprint density at radius 2 is 1.71 bits per heavy atom. The molecular formula is C41H53F2N5O10. The fourth-order valence-electron chi connectivity index (χ4n) is 9.37. The van der Waals surface area contributed by atoms with Crippen molar-refractivity contribution in [1.29, 1.82) is 0 Å². The first-order valence-corrected chi connectivity index (χ1v) is 19.6. The van der Waals surface area contributed by atoms with Gasteiger partial charge in [-0.15, -0.1) is 0 Å². The van der Waals surface area contributed by atoms with Gasteiger partial charge in [-0.05, 0) is 92.0 Å². The number of nitrogens with two attached hydrogens (primary N) is 2. The topological polar surface area (TPSA) is 234 Å². The molecule has 2 aromatic carbocycles. The lowest BCUT2D eigenvalue weighted by Gasteiger charge is -2.58. The summed E-state index contributed by atoms with van der Waals surface area (Å²) in [7, 11) is 0. The average Bonchev–Trinajstić information content (AvgIpc) is 3.67. The number of urea groups is 1. The molecule has 11 atom stereocenters. The number of carbonyl (C=O) groups is 4. The molecule has 0 radical (unpaired) electrons. The van der Waals surface area contributed by atoms with Crippen LogP contribution in [0.5, 0.6) is 5.75 Å². The number of carbonyl (C=O) groups excluding carboxylic acids is 4. The molecule has 316 valence electrons. The molecule has 58 heavy (non-hydrogen) atoms. The van der Waals surface area contributed by atoms with Crippen LogP contribution in [0.3, 0.4) is 0 Å². The van der Waals surface area contributed by atoms with Gasteiger partial charge in [-0.25, -0.2) is 18.4 Å². The Kier molecular flexibility index (Phi) is 12.8. The zero-order valence-corrected chi connectivity index (χ0v) is 32.6. The Morgan fingerprint density at radius 1 is 1.03 bits per heavy atom. The lowest BCUT2D eigenvalue weighted by Crippen LogP contribution is -2.69. The molecule has 0 aromatic heterocycles. The van der Waals surface area contributed by atoms with E-state index in [1.54, 1.807) is 55.5 Å². The van der Waals surface area contributed by atoms with Crippen LogP contribution in [0.15, 0.2) is 60.7 Å². The number of primary amides is 1. The number of halogens is 2. The molecule has 1 heterocycles. The summed E-state index contributed by atoms with van der Waals surface area (Å²) in [4.78, 5) is 50.0. The minimum atomic E-state index is -2.54. The summed E-state index contributed by atoms with van der Waals surface area (Å²) in [6, 6.07) is 11.5. The van der Waals surface area contributed by atoms with Gasteiger partial charge in [0.2, 0.25) is 11.7 Å². The number of ketones is 1. The number of amides is 4. The highest BCUT2D eigenvalue weighted by atomic mass is 19.1. The van der Waals surface area contributed by atoms with Gasteiger partial charge in [-0.3, -0.25) is 14.9 Å². The third-order valence-corrected chi connectivity index (χ3v) is 12.4. The zero-order valence-electron chi connectivity index (χ0n) is 32.6. The Balaban J connectivity index is 1.02. The van der Waals surface area contributed by atoms with Crippen LogP contribution in [-0.4, -0.2) is 95.3 Å². The lowest BCUT2D eigenvalue weighted by atomic mass is 9.50. The average molecular weight is 814 g/mol. The molecule has 0 bridgehead atoms. The molecule has 1 saturated heterocycles. The normalized spacial score (nSPS) is 32.9. The van der Waals surface area contributed by atoms with Crippen LogP contribution in [0.2, 0.25) is 0 Å². The zero-order chi connectivity index (χ0) is 42.0. The Morgan fingerprint density at radius 3 is 2.38 bits per heavy atom. The summed E-state index contributed by atoms with van der Waals surface area (Å²) in [5, 5.41) is 29.9. The fraction of sp³-hybridized carbons (Fsp3) is 0.561. The summed E-state index contributed by atoms with van der Waals surface area (Å²) in [6.45, 7) is 7.05. The van der Waals surface area contributed by atoms with Gasteiger partial charge in [0.1, 0.15) is 31.2 Å². The summed E-state index contributed by atoms with van der Waals surface area (Å²) >= 11 is 0. The van der Waals surface area contributed by atoms with E-state index in [9.17, 15) is 29.4 Å². The van der Waals surface area contributed by atoms with E-state index < -0.39 is 89.9 Å². The van der Waals surface area contributed by atoms with Crippen molar-refractivity contribution >= 4 is 35.2 Å². The van der Waals surface area contributed by atoms with Gasteiger partial charge < -0.3 is 51.3 Å². The Bertz CT molecular complexity index is 1850. The van der Waals surface area contributed by atoms with E-state index in [0.29, 0.717) is 54.9 Å². The van der Waals surface area contributed by atoms with Crippen molar-refractivity contribution in [2.75, 3.05) is 23.8 Å². The van der Waals surface area contributed by atoms with Gasteiger partial charge in [0.05, 0.1) is 18.2 Å². The van der Waals surface area contributed by atoms with E-state index in [4.69, 9.17) is 30.4 Å². The molecule has 4 aliphatic rings. The van der Waals surface area contributed by atoms with Gasteiger partial charge in [0.15, 0.2) is 17.6 Å². The minimum absolute atomic E-state index is 0.0581. The summed E-state index contributed by atoms with van der Waals surface area (Å²) in [5.74, 6) is -2.32. The molecule has 17 heteroatoms. The van der Waals surface area contributed by atoms with Gasteiger partial charge in [0.25, 0.3) is 0 Å². The number of aliphatic hydroxyl groups excluding tert-OH is 2. The number of anilines is 2. The van der Waals surface area contributed by atoms with Gasteiger partial charge >= 0.3 is 12.1 Å². The molecule has 1 aliphatic heterocycles. The van der Waals surface area contributed by atoms with Crippen molar-refractivity contribution in [1.82, 2.24) is 5.32 Å². The number of aliphatic hydroxyl groups is 2. The third-order valence-electron chi connectivity index (χ3n) is 12.4. The van der Waals surface area contributed by atoms with E-state index in [0.717, 1.165) is 0 Å². The number of alkyl halides is 2. The molecule has 2 aromatic rings. The maximum absolute atomic E-state index is 16.7. The Hall–Kier alpha value is -4.68. The highest BCUT2D eigenvalue weighted by Gasteiger charge is 2.78. The van der Waals surface area contributed by atoms with E-state index in [1.165, 1.54) is 0 Å². The van der Waals surface area contributed by atoms with E-state index in [-0.39, 0.29) is 37.3 Å². The minimum Gasteiger partial charge on any atom is -0.486 e. The van der Waals surface area contributed by atoms with Crippen molar-refractivity contribution in [3.05, 3.63) is 66.2 Å². The van der Waals surface area contributed by atoms with Crippen LogP contribution in [-0.2, 0) is 30.4 Å². The number of hydrogen-bond acceptors (Lipinski definition) is 11. The van der Waals surface area contributed by atoms with Gasteiger partial charge in [-0.1, -0.05) is 39.0 Å². The summed E-state index contributed by atoms with van der Waals surface area (Å²) < 4.78 is 55.8. The molecule has 3 saturated carbocycles. The predicted molar refractivity (Wildman–Crippen MR) is 207 cm³/mol. The maximum Gasteiger partial charge on any atom is 0.411 e. The standard InChI is InChI=1S/C41H53F2N5O10/c1-4-6-34-57-33-18-27-28-17-29(42)22(2)35(51)40(28,43)31(49)19-39(27,3)41(33,58-34)32(50)21-55-26-14-12-25(13-15-26)48-38(54)56-20-23-8-10-24(11-9-23)47-36(52)30(44)7-5-16-46-37(45)53/h8-15,27-31,33-35,49,51H,2,4-7,16-21,44H2,1,3H3,(H,47,52)(H,48,54)(H3,45,46,53)/t27-,28-,29-,30-,31-,33+,34?,35?,39-,40?,41+/m0/s1. The monoisotopic (exact) mass is 813 g/mol. The molecule has 0 spiro atoms. The first kappa shape index (κ1) is 42.9. The molecular weight excluding hydrogens is 760 g/mol. The van der Waals surface area contributed by atoms with E-state index >= 15 is 8.78 Å². The lowest BCUT2D eigenvalue weighted by molar-refractivity contribution is -0.234. The smallest absolute Gasteiger partial charge is 0.411 e. The number of ether oxygens (including phenoxy) is 4. The van der Waals surface area contributed by atoms with Crippen LogP contribution >= 0.6 is 0 Å². The summed E-state index contributed by atoms with van der Waals surface area (Å²) in [6.07, 6.45) is -5.85. The number of rotatable bonds is 15. The van der Waals surface area contributed by atoms with Crippen LogP contribution in [0.25, 0.3) is 0 Å². The van der Waals surface area contributed by atoms with E-state index in [1.807, 2.05) is 6.92 Å². The second kappa shape index (κ2) is 17.3. The number of Topliss-reactive ketones (excluding diaryl/α,β-unsaturated/α-hetero) is 1. The van der Waals surface area contributed by atoms with Crippen molar-refractivity contribution in [2.45, 2.75) is 113 Å². The SMILES string of the molecule is C=C1C(O)C2(F)[C@@H](O)C[C@@]3(C)[C@@H](C[C@H]4OC(CCC)O[C@]43C(=O)COc3ccc(NC(=O)OCc4ccc(NC(=O)[C@@H](N)CCCNC(N)=O)cc4)cc3)[C@@H]2C[C@@H]1F. The summed E-state index contributed by atoms with van der Waals surface area (Å²) in [5.41, 5.74) is 6.85. The quantitative estimate of drug-likeness (QED) is 0.0997. The molecule has 3 unspecified atom stereocenters. The van der Waals surface area contributed by atoms with Crippen molar-refractivity contribution in [2.24, 2.45) is 28.7 Å². The highest BCUT2D eigenvalue weighted by Crippen LogP contribution is 2.68. The van der Waals surface area contributed by atoms with E-state index in [2.05, 4.69) is 22.5 Å². The molecule has 3 aliphatic carbocycles. The van der Waals surface area contributed by atoms with Crippen molar-refractivity contribution in [3.63, 3.8) is 0 Å². The molecule has 6 rings (SSSR count). The van der Waals surface area contributed by atoms with Crippen molar-refractivity contribution < 1.29 is 57.1 Å². The molecule has 9 N–H and O–H groups in total. The van der Waals surface area contributed by atoms with Crippen LogP contribution in [0, 0.1) is 17.3 Å². The first-order chi connectivity index (χ1) is 27.5. The van der Waals surface area contributed by atoms with Crippen LogP contribution in [0.4, 0.5) is 29.7 Å². The van der Waals surface area contributed by atoms with Gasteiger partial charge in [-0.2, -0.15) is 0 Å². The highest BCUT2D eigenvalue weighted by molar-refractivity contribution is 5.94. The maximum atomic E-state index is 16.7. The van der Waals surface area contributed by atoms with Crippen molar-refractivity contribution in [3.8, 4) is 5.75 Å². The second-order valence-corrected chi connectivity index (χ2v) is 16.0. The number of fused-ring (bicyclic) bond motifs is 5. The first-order valence-electron chi connectivity index (χ1n) is 19.6. The largest absolute Gasteiger partial charge is 0.486 e. The predicted octanol–water partition coefficient (Wildman–Crippen LogP) is 4.15. The fourth-order valence-corrected chi connectivity index (χ4v) is 9.37. The third kappa shape index (κ3) is 8.14. The van der Waals surface area contributed by atoms with Crippen LogP contribution < -0.4 is 32.2 Å². The molecule has 4 amide bonds. The van der Waals surface area contributed by atoms with Crippen LogP contribution in [0.1, 0.15) is 64.4 Å².